The minimum absolute atomic E-state index is 0.124. The summed E-state index contributed by atoms with van der Waals surface area (Å²) in [5.74, 6) is -0.734. The fourth-order valence-corrected chi connectivity index (χ4v) is 3.99. The lowest BCUT2D eigenvalue weighted by Gasteiger charge is -2.39. The van der Waals surface area contributed by atoms with E-state index in [9.17, 15) is 9.90 Å². The molecule has 4 nitrogen and oxygen atoms in total. The fraction of sp³-hybridized carbons (Fsp3) is 0.429. The van der Waals surface area contributed by atoms with Gasteiger partial charge in [0.05, 0.1) is 11.7 Å². The van der Waals surface area contributed by atoms with E-state index >= 15 is 0 Å². The number of rotatable bonds is 4. The van der Waals surface area contributed by atoms with Crippen molar-refractivity contribution in [2.24, 2.45) is 0 Å². The molecule has 1 aromatic heterocycles. The summed E-state index contributed by atoms with van der Waals surface area (Å²) in [6.45, 7) is 7.01. The molecule has 2 atom stereocenters. The summed E-state index contributed by atoms with van der Waals surface area (Å²) in [6.07, 6.45) is 4.49. The zero-order chi connectivity index (χ0) is 18.0. The molecule has 1 saturated heterocycles. The first-order valence-corrected chi connectivity index (χ1v) is 8.95. The van der Waals surface area contributed by atoms with E-state index in [4.69, 9.17) is 0 Å². The topological polar surface area (TPSA) is 53.4 Å². The Hall–Kier alpha value is -2.20. The molecule has 1 aromatic carbocycles. The number of carbonyl (C=O) groups is 1. The van der Waals surface area contributed by atoms with E-state index in [2.05, 4.69) is 54.9 Å². The summed E-state index contributed by atoms with van der Waals surface area (Å²) < 4.78 is 0. The Labute approximate surface area is 149 Å². The van der Waals surface area contributed by atoms with Crippen molar-refractivity contribution in [1.29, 1.82) is 0 Å². The van der Waals surface area contributed by atoms with Crippen LogP contribution < -0.4 is 0 Å². The molecule has 4 heteroatoms. The maximum Gasteiger partial charge on any atom is 0.320 e. The molecule has 1 aliphatic heterocycles. The number of carboxylic acids is 1. The van der Waals surface area contributed by atoms with Crippen LogP contribution in [0.25, 0.3) is 0 Å². The molecule has 2 aromatic rings. The van der Waals surface area contributed by atoms with Gasteiger partial charge in [-0.2, -0.15) is 0 Å². The molecule has 2 unspecified atom stereocenters. The van der Waals surface area contributed by atoms with Gasteiger partial charge in [0.2, 0.25) is 0 Å². The smallest absolute Gasteiger partial charge is 0.320 e. The van der Waals surface area contributed by atoms with E-state index in [1.54, 1.807) is 6.20 Å². The van der Waals surface area contributed by atoms with E-state index in [0.29, 0.717) is 6.42 Å². The van der Waals surface area contributed by atoms with Gasteiger partial charge in [-0.3, -0.25) is 14.7 Å². The molecule has 25 heavy (non-hydrogen) atoms. The Kier molecular flexibility index (Phi) is 5.19. The molecule has 132 valence electrons. The molecule has 0 spiro atoms. The molecule has 0 amide bonds. The van der Waals surface area contributed by atoms with Crippen molar-refractivity contribution < 1.29 is 9.90 Å². The zero-order valence-corrected chi connectivity index (χ0v) is 15.2. The molecule has 0 saturated carbocycles. The summed E-state index contributed by atoms with van der Waals surface area (Å²) in [5.41, 5.74) is 5.57. The highest BCUT2D eigenvalue weighted by atomic mass is 16.4. The Morgan fingerprint density at radius 3 is 2.56 bits per heavy atom. The second-order valence-corrected chi connectivity index (χ2v) is 7.12. The van der Waals surface area contributed by atoms with Crippen molar-refractivity contribution >= 4 is 5.97 Å². The van der Waals surface area contributed by atoms with Gasteiger partial charge < -0.3 is 5.11 Å². The summed E-state index contributed by atoms with van der Waals surface area (Å²) in [4.78, 5) is 18.7. The highest BCUT2D eigenvalue weighted by Gasteiger charge is 2.36. The van der Waals surface area contributed by atoms with Crippen LogP contribution in [0.3, 0.4) is 0 Å². The number of nitrogens with zero attached hydrogens (tertiary/aromatic N) is 2. The summed E-state index contributed by atoms with van der Waals surface area (Å²) in [6, 6.07) is 9.89. The summed E-state index contributed by atoms with van der Waals surface area (Å²) in [7, 11) is 0. The SMILES string of the molecule is Cc1cc(C)cc(C(c2ncccc2C)N2CCCCC2C(=O)O)c1. The molecule has 1 aliphatic rings. The number of aromatic nitrogens is 1. The average molecular weight is 338 g/mol. The minimum Gasteiger partial charge on any atom is -0.480 e. The van der Waals surface area contributed by atoms with Gasteiger partial charge in [-0.15, -0.1) is 0 Å². The largest absolute Gasteiger partial charge is 0.480 e. The third-order valence-electron chi connectivity index (χ3n) is 5.03. The molecule has 0 radical (unpaired) electrons. The molecule has 3 rings (SSSR count). The van der Waals surface area contributed by atoms with Gasteiger partial charge in [0.15, 0.2) is 0 Å². The summed E-state index contributed by atoms with van der Waals surface area (Å²) >= 11 is 0. The number of aryl methyl sites for hydroxylation is 3. The number of benzene rings is 1. The van der Waals surface area contributed by atoms with Gasteiger partial charge in [-0.05, 0) is 57.4 Å². The number of hydrogen-bond donors (Lipinski definition) is 1. The Morgan fingerprint density at radius 2 is 1.92 bits per heavy atom. The van der Waals surface area contributed by atoms with Crippen molar-refractivity contribution in [1.82, 2.24) is 9.88 Å². The second kappa shape index (κ2) is 7.36. The van der Waals surface area contributed by atoms with Crippen molar-refractivity contribution in [3.05, 3.63) is 64.5 Å². The summed E-state index contributed by atoms with van der Waals surface area (Å²) in [5, 5.41) is 9.77. The van der Waals surface area contributed by atoms with E-state index in [0.717, 1.165) is 36.2 Å². The van der Waals surface area contributed by atoms with Gasteiger partial charge in [-0.25, -0.2) is 0 Å². The van der Waals surface area contributed by atoms with Crippen LogP contribution in [0.5, 0.6) is 0 Å². The van der Waals surface area contributed by atoms with E-state index in [-0.39, 0.29) is 6.04 Å². The normalized spacial score (nSPS) is 19.6. The lowest BCUT2D eigenvalue weighted by molar-refractivity contribution is -0.145. The van der Waals surface area contributed by atoms with Crippen molar-refractivity contribution in [3.8, 4) is 0 Å². The van der Waals surface area contributed by atoms with Crippen LogP contribution in [-0.4, -0.2) is 33.5 Å². The third kappa shape index (κ3) is 3.74. The van der Waals surface area contributed by atoms with E-state index in [1.807, 2.05) is 6.07 Å². The number of carboxylic acid groups (broad SMARTS) is 1. The predicted molar refractivity (Wildman–Crippen MR) is 98.7 cm³/mol. The Bertz CT molecular complexity index is 752. The first-order chi connectivity index (χ1) is 12.0. The number of hydrogen-bond acceptors (Lipinski definition) is 3. The van der Waals surface area contributed by atoms with Crippen LogP contribution in [0, 0.1) is 20.8 Å². The molecule has 1 N–H and O–H groups in total. The van der Waals surface area contributed by atoms with Crippen LogP contribution in [0.2, 0.25) is 0 Å². The van der Waals surface area contributed by atoms with Crippen LogP contribution in [0.4, 0.5) is 0 Å². The lowest BCUT2D eigenvalue weighted by atomic mass is 9.91. The number of likely N-dealkylation sites (tertiary alicyclic amines) is 1. The number of pyridine rings is 1. The van der Waals surface area contributed by atoms with Crippen LogP contribution in [-0.2, 0) is 4.79 Å². The molecular weight excluding hydrogens is 312 g/mol. The lowest BCUT2D eigenvalue weighted by Crippen LogP contribution is -2.47. The van der Waals surface area contributed by atoms with E-state index < -0.39 is 12.0 Å². The number of piperidine rings is 1. The van der Waals surface area contributed by atoms with Crippen molar-refractivity contribution in [3.63, 3.8) is 0 Å². The minimum atomic E-state index is -0.734. The molecular formula is C21H26N2O2. The average Bonchev–Trinajstić information content (AvgIpc) is 2.56. The van der Waals surface area contributed by atoms with Crippen LogP contribution in [0.15, 0.2) is 36.5 Å². The Balaban J connectivity index is 2.14. The van der Waals surface area contributed by atoms with Gasteiger partial charge in [-0.1, -0.05) is 41.8 Å². The van der Waals surface area contributed by atoms with E-state index in [1.165, 1.54) is 11.1 Å². The maximum atomic E-state index is 11.9. The van der Waals surface area contributed by atoms with Crippen LogP contribution >= 0.6 is 0 Å². The number of aliphatic carboxylic acids is 1. The maximum absolute atomic E-state index is 11.9. The highest BCUT2D eigenvalue weighted by Crippen LogP contribution is 2.35. The van der Waals surface area contributed by atoms with Crippen LogP contribution in [0.1, 0.15) is 53.3 Å². The molecule has 0 aliphatic carbocycles. The predicted octanol–water partition coefficient (Wildman–Crippen LogP) is 4.04. The van der Waals surface area contributed by atoms with Crippen molar-refractivity contribution in [2.45, 2.75) is 52.1 Å². The van der Waals surface area contributed by atoms with Gasteiger partial charge in [0.25, 0.3) is 0 Å². The Morgan fingerprint density at radius 1 is 1.20 bits per heavy atom. The first kappa shape index (κ1) is 17.6. The molecule has 0 bridgehead atoms. The first-order valence-electron chi connectivity index (χ1n) is 8.95. The highest BCUT2D eigenvalue weighted by molar-refractivity contribution is 5.73. The zero-order valence-electron chi connectivity index (χ0n) is 15.2. The van der Waals surface area contributed by atoms with Gasteiger partial charge >= 0.3 is 5.97 Å². The molecule has 1 fully saturated rings. The van der Waals surface area contributed by atoms with Crippen molar-refractivity contribution in [2.75, 3.05) is 6.54 Å². The van der Waals surface area contributed by atoms with Gasteiger partial charge in [0.1, 0.15) is 6.04 Å². The second-order valence-electron chi connectivity index (χ2n) is 7.12. The fourth-order valence-electron chi connectivity index (χ4n) is 3.99. The molecule has 2 heterocycles. The third-order valence-corrected chi connectivity index (χ3v) is 5.03. The monoisotopic (exact) mass is 338 g/mol. The standard InChI is InChI=1S/C21H26N2O2/c1-14-11-15(2)13-17(12-14)20(19-16(3)7-6-9-22-19)23-10-5-4-8-18(23)21(24)25/h6-7,9,11-13,18,20H,4-5,8,10H2,1-3H3,(H,24,25). The van der Waals surface area contributed by atoms with Gasteiger partial charge in [0, 0.05) is 6.20 Å². The quantitative estimate of drug-likeness (QED) is 0.914.